The molecule has 1 aromatic rings. The van der Waals surface area contributed by atoms with Crippen LogP contribution in [0, 0.1) is 5.92 Å². The number of rotatable bonds is 5. The molecule has 0 saturated heterocycles. The van der Waals surface area contributed by atoms with Gasteiger partial charge >= 0.3 is 6.09 Å². The summed E-state index contributed by atoms with van der Waals surface area (Å²) in [5.74, 6) is 0.861. The molecule has 4 nitrogen and oxygen atoms in total. The van der Waals surface area contributed by atoms with Crippen LogP contribution in [0.2, 0.25) is 0 Å². The molecule has 0 bridgehead atoms. The number of hydrogen-bond acceptors (Lipinski definition) is 3. The van der Waals surface area contributed by atoms with Gasteiger partial charge in [-0.15, -0.1) is 0 Å². The van der Waals surface area contributed by atoms with Gasteiger partial charge in [-0.2, -0.15) is 0 Å². The fourth-order valence-corrected chi connectivity index (χ4v) is 3.50. The standard InChI is InChI=1S/C18H26N2O2/c1-13-7-8-15(9-13)19-16-10-17(11-16)20-18(21)22-12-14-5-3-2-4-6-14/h2-6,13,15-17,19H,7-12H2,1H3,(H,20,21). The van der Waals surface area contributed by atoms with Crippen LogP contribution in [0.4, 0.5) is 4.79 Å². The van der Waals surface area contributed by atoms with Gasteiger partial charge in [0.15, 0.2) is 0 Å². The Bertz CT molecular complexity index is 485. The van der Waals surface area contributed by atoms with E-state index in [4.69, 9.17) is 4.74 Å². The quantitative estimate of drug-likeness (QED) is 0.878. The minimum Gasteiger partial charge on any atom is -0.445 e. The molecule has 120 valence electrons. The van der Waals surface area contributed by atoms with Crippen LogP contribution in [0.3, 0.4) is 0 Å². The SMILES string of the molecule is CC1CCC(NC2CC(NC(=O)OCc3ccccc3)C2)C1. The Labute approximate surface area is 132 Å². The lowest BCUT2D eigenvalue weighted by molar-refractivity contribution is 0.124. The first-order valence-electron chi connectivity index (χ1n) is 8.42. The number of nitrogens with one attached hydrogen (secondary N) is 2. The monoisotopic (exact) mass is 302 g/mol. The van der Waals surface area contributed by atoms with E-state index in [1.807, 2.05) is 30.3 Å². The van der Waals surface area contributed by atoms with Crippen molar-refractivity contribution in [1.29, 1.82) is 0 Å². The highest BCUT2D eigenvalue weighted by Gasteiger charge is 2.33. The van der Waals surface area contributed by atoms with Crippen molar-refractivity contribution in [3.8, 4) is 0 Å². The molecule has 2 atom stereocenters. The van der Waals surface area contributed by atoms with Gasteiger partial charge in [0.25, 0.3) is 0 Å². The van der Waals surface area contributed by atoms with Crippen molar-refractivity contribution in [3.63, 3.8) is 0 Å². The predicted octanol–water partition coefficient (Wildman–Crippen LogP) is 3.22. The van der Waals surface area contributed by atoms with Crippen molar-refractivity contribution in [1.82, 2.24) is 10.6 Å². The van der Waals surface area contributed by atoms with E-state index in [0.29, 0.717) is 18.7 Å². The van der Waals surface area contributed by atoms with Gasteiger partial charge in [0.1, 0.15) is 6.61 Å². The third kappa shape index (κ3) is 4.23. The lowest BCUT2D eigenvalue weighted by Gasteiger charge is -2.37. The summed E-state index contributed by atoms with van der Waals surface area (Å²) >= 11 is 0. The van der Waals surface area contributed by atoms with E-state index in [9.17, 15) is 4.79 Å². The lowest BCUT2D eigenvalue weighted by atomic mass is 9.86. The molecule has 2 N–H and O–H groups in total. The number of benzene rings is 1. The molecule has 1 aromatic carbocycles. The highest BCUT2D eigenvalue weighted by Crippen LogP contribution is 2.28. The molecule has 0 spiro atoms. The van der Waals surface area contributed by atoms with E-state index in [-0.39, 0.29) is 12.1 Å². The summed E-state index contributed by atoms with van der Waals surface area (Å²) < 4.78 is 5.25. The zero-order valence-electron chi connectivity index (χ0n) is 13.3. The summed E-state index contributed by atoms with van der Waals surface area (Å²) in [5, 5.41) is 6.66. The third-order valence-corrected chi connectivity index (χ3v) is 4.84. The molecule has 0 aromatic heterocycles. The van der Waals surface area contributed by atoms with Crippen LogP contribution in [-0.4, -0.2) is 24.2 Å². The second-order valence-corrected chi connectivity index (χ2v) is 6.85. The van der Waals surface area contributed by atoms with Gasteiger partial charge < -0.3 is 15.4 Å². The molecule has 0 aliphatic heterocycles. The molecule has 3 rings (SSSR count). The van der Waals surface area contributed by atoms with Gasteiger partial charge in [-0.3, -0.25) is 0 Å². The molecule has 1 amide bonds. The van der Waals surface area contributed by atoms with E-state index in [1.165, 1.54) is 19.3 Å². The topological polar surface area (TPSA) is 50.4 Å². The maximum Gasteiger partial charge on any atom is 0.407 e. The largest absolute Gasteiger partial charge is 0.445 e. The number of hydrogen-bond donors (Lipinski definition) is 2. The van der Waals surface area contributed by atoms with Crippen molar-refractivity contribution in [2.24, 2.45) is 5.92 Å². The van der Waals surface area contributed by atoms with Crippen LogP contribution < -0.4 is 10.6 Å². The minimum atomic E-state index is -0.304. The number of amides is 1. The van der Waals surface area contributed by atoms with Gasteiger partial charge in [0.05, 0.1) is 0 Å². The van der Waals surface area contributed by atoms with E-state index >= 15 is 0 Å². The van der Waals surface area contributed by atoms with Crippen molar-refractivity contribution in [2.75, 3.05) is 0 Å². The molecular formula is C18H26N2O2. The molecular weight excluding hydrogens is 276 g/mol. The van der Waals surface area contributed by atoms with Gasteiger partial charge in [0, 0.05) is 18.1 Å². The fraction of sp³-hybridized carbons (Fsp3) is 0.611. The number of ether oxygens (including phenoxy) is 1. The van der Waals surface area contributed by atoms with Crippen LogP contribution in [0.15, 0.2) is 30.3 Å². The molecule has 2 saturated carbocycles. The Balaban J connectivity index is 1.29. The zero-order chi connectivity index (χ0) is 15.4. The van der Waals surface area contributed by atoms with Crippen LogP contribution in [-0.2, 0) is 11.3 Å². The molecule has 2 aliphatic carbocycles. The first-order chi connectivity index (χ1) is 10.7. The summed E-state index contributed by atoms with van der Waals surface area (Å²) in [6, 6.07) is 11.3. The van der Waals surface area contributed by atoms with E-state index in [2.05, 4.69) is 17.6 Å². The van der Waals surface area contributed by atoms with Gasteiger partial charge in [-0.1, -0.05) is 37.3 Å². The molecule has 0 heterocycles. The summed E-state index contributed by atoms with van der Waals surface area (Å²) in [4.78, 5) is 11.8. The Morgan fingerprint density at radius 3 is 2.55 bits per heavy atom. The second kappa shape index (κ2) is 7.14. The maximum atomic E-state index is 11.8. The van der Waals surface area contributed by atoms with Gasteiger partial charge in [0.2, 0.25) is 0 Å². The van der Waals surface area contributed by atoms with E-state index in [0.717, 1.165) is 24.3 Å². The number of carbonyl (C=O) groups excluding carboxylic acids is 1. The van der Waals surface area contributed by atoms with Crippen molar-refractivity contribution >= 4 is 6.09 Å². The number of alkyl carbamates (subject to hydrolysis) is 1. The molecule has 22 heavy (non-hydrogen) atoms. The van der Waals surface area contributed by atoms with Crippen LogP contribution >= 0.6 is 0 Å². The first kappa shape index (κ1) is 15.3. The Morgan fingerprint density at radius 1 is 1.09 bits per heavy atom. The first-order valence-corrected chi connectivity index (χ1v) is 8.42. The highest BCUT2D eigenvalue weighted by molar-refractivity contribution is 5.67. The Morgan fingerprint density at radius 2 is 1.86 bits per heavy atom. The molecule has 0 radical (unpaired) electrons. The van der Waals surface area contributed by atoms with Crippen molar-refractivity contribution in [2.45, 2.75) is 63.8 Å². The maximum absolute atomic E-state index is 11.8. The summed E-state index contributed by atoms with van der Waals surface area (Å²) in [6.45, 7) is 2.66. The Kier molecular flexibility index (Phi) is 4.98. The third-order valence-electron chi connectivity index (χ3n) is 4.84. The number of carbonyl (C=O) groups is 1. The van der Waals surface area contributed by atoms with Crippen LogP contribution in [0.25, 0.3) is 0 Å². The van der Waals surface area contributed by atoms with E-state index < -0.39 is 0 Å². The average molecular weight is 302 g/mol. The predicted molar refractivity (Wildman–Crippen MR) is 86.5 cm³/mol. The molecule has 2 unspecified atom stereocenters. The molecule has 4 heteroatoms. The van der Waals surface area contributed by atoms with E-state index in [1.54, 1.807) is 0 Å². The minimum absolute atomic E-state index is 0.264. The average Bonchev–Trinajstić information content (AvgIpc) is 2.89. The summed E-state index contributed by atoms with van der Waals surface area (Å²) in [6.07, 6.45) is 5.68. The van der Waals surface area contributed by atoms with Crippen molar-refractivity contribution < 1.29 is 9.53 Å². The highest BCUT2D eigenvalue weighted by atomic mass is 16.5. The molecule has 2 aliphatic rings. The van der Waals surface area contributed by atoms with Gasteiger partial charge in [-0.25, -0.2) is 4.79 Å². The summed E-state index contributed by atoms with van der Waals surface area (Å²) in [5.41, 5.74) is 1.01. The lowest BCUT2D eigenvalue weighted by Crippen LogP contribution is -2.54. The van der Waals surface area contributed by atoms with Crippen LogP contribution in [0.1, 0.15) is 44.6 Å². The second-order valence-electron chi connectivity index (χ2n) is 6.85. The molecule has 2 fully saturated rings. The van der Waals surface area contributed by atoms with Crippen molar-refractivity contribution in [3.05, 3.63) is 35.9 Å². The van der Waals surface area contributed by atoms with Crippen LogP contribution in [0.5, 0.6) is 0 Å². The fourth-order valence-electron chi connectivity index (χ4n) is 3.50. The normalized spacial score (nSPS) is 30.6. The zero-order valence-corrected chi connectivity index (χ0v) is 13.3. The Hall–Kier alpha value is -1.55. The summed E-state index contributed by atoms with van der Waals surface area (Å²) in [7, 11) is 0. The smallest absolute Gasteiger partial charge is 0.407 e. The van der Waals surface area contributed by atoms with Gasteiger partial charge in [-0.05, 0) is 43.6 Å².